The van der Waals surface area contributed by atoms with Gasteiger partial charge in [0.2, 0.25) is 5.78 Å². The molecule has 0 amide bonds. The molecule has 24 heavy (non-hydrogen) atoms. The van der Waals surface area contributed by atoms with Crippen molar-refractivity contribution in [1.29, 1.82) is 0 Å². The lowest BCUT2D eigenvalue weighted by molar-refractivity contribution is -0.550. The van der Waals surface area contributed by atoms with Crippen LogP contribution in [0.5, 0.6) is 0 Å². The van der Waals surface area contributed by atoms with Crippen molar-refractivity contribution in [2.45, 2.75) is 56.0 Å². The van der Waals surface area contributed by atoms with E-state index in [4.69, 9.17) is 0 Å². The van der Waals surface area contributed by atoms with Crippen LogP contribution in [0.25, 0.3) is 0 Å². The van der Waals surface area contributed by atoms with Gasteiger partial charge in [-0.05, 0) is 50.3 Å². The Balaban J connectivity index is 1.89. The van der Waals surface area contributed by atoms with Crippen LogP contribution in [0.4, 0.5) is 0 Å². The van der Waals surface area contributed by atoms with Crippen molar-refractivity contribution in [2.24, 2.45) is 5.92 Å². The zero-order valence-electron chi connectivity index (χ0n) is 14.1. The Morgan fingerprint density at radius 3 is 2.46 bits per heavy atom. The minimum atomic E-state index is -1.52. The number of likely N-dealkylation sites (tertiary alicyclic amines) is 1. The van der Waals surface area contributed by atoms with Crippen LogP contribution >= 0.6 is 0 Å². The minimum absolute atomic E-state index is 0.0564. The van der Waals surface area contributed by atoms with E-state index in [0.29, 0.717) is 0 Å². The van der Waals surface area contributed by atoms with Crippen LogP contribution < -0.4 is 0 Å². The maximum Gasteiger partial charge on any atom is 0.285 e. The minimum Gasteiger partial charge on any atom is -0.291 e. The Morgan fingerprint density at radius 1 is 1.17 bits per heavy atom. The lowest BCUT2D eigenvalue weighted by atomic mass is 9.78. The van der Waals surface area contributed by atoms with Crippen LogP contribution in [0.2, 0.25) is 0 Å². The van der Waals surface area contributed by atoms with Gasteiger partial charge in [0, 0.05) is 11.8 Å². The highest BCUT2D eigenvalue weighted by molar-refractivity contribution is 6.00. The average molecular weight is 328 g/mol. The Bertz CT molecular complexity index is 670. The van der Waals surface area contributed by atoms with Crippen molar-refractivity contribution in [3.05, 3.63) is 46.0 Å². The second kappa shape index (κ2) is 5.38. The maximum absolute atomic E-state index is 13.6. The first-order valence-electron chi connectivity index (χ1n) is 9.02. The maximum atomic E-state index is 13.6. The number of fused-ring (bicyclic) bond motifs is 1. The highest BCUT2D eigenvalue weighted by Crippen LogP contribution is 2.60. The summed E-state index contributed by atoms with van der Waals surface area (Å²) in [7, 11) is 0. The van der Waals surface area contributed by atoms with Crippen LogP contribution in [-0.4, -0.2) is 39.8 Å². The topological polar surface area (TPSA) is 63.5 Å². The van der Waals surface area contributed by atoms with Crippen LogP contribution in [0, 0.1) is 16.0 Å². The van der Waals surface area contributed by atoms with Gasteiger partial charge >= 0.3 is 0 Å². The fourth-order valence-corrected chi connectivity index (χ4v) is 5.78. The van der Waals surface area contributed by atoms with Gasteiger partial charge in [-0.3, -0.25) is 19.8 Å². The van der Waals surface area contributed by atoms with E-state index < -0.39 is 11.1 Å². The van der Waals surface area contributed by atoms with Gasteiger partial charge in [-0.25, -0.2) is 0 Å². The van der Waals surface area contributed by atoms with Gasteiger partial charge < -0.3 is 0 Å². The van der Waals surface area contributed by atoms with Gasteiger partial charge in [0.15, 0.2) is 0 Å². The van der Waals surface area contributed by atoms with Crippen LogP contribution in [0.3, 0.4) is 0 Å². The number of ketones is 1. The van der Waals surface area contributed by atoms with Gasteiger partial charge in [-0.2, -0.15) is 0 Å². The number of benzene rings is 1. The van der Waals surface area contributed by atoms with Crippen molar-refractivity contribution in [3.63, 3.8) is 0 Å². The molecule has 3 aliphatic rings. The lowest BCUT2D eigenvalue weighted by Crippen LogP contribution is -2.57. The monoisotopic (exact) mass is 328 g/mol. The molecule has 5 nitrogen and oxygen atoms in total. The van der Waals surface area contributed by atoms with E-state index in [-0.39, 0.29) is 22.5 Å². The summed E-state index contributed by atoms with van der Waals surface area (Å²) in [5.74, 6) is -0.413. The van der Waals surface area contributed by atoms with E-state index in [1.54, 1.807) is 6.92 Å². The average Bonchev–Trinajstić information content (AvgIpc) is 3.27. The molecular weight excluding hydrogens is 304 g/mol. The molecule has 2 aliphatic carbocycles. The van der Waals surface area contributed by atoms with Crippen molar-refractivity contribution < 1.29 is 9.72 Å². The summed E-state index contributed by atoms with van der Waals surface area (Å²) in [6.45, 7) is 3.37. The number of carbonyl (C=O) groups excluding carboxylic acids is 1. The molecular formula is C19H24N2O3. The molecule has 5 heteroatoms. The fourth-order valence-electron chi connectivity index (χ4n) is 5.78. The molecule has 0 N–H and O–H groups in total. The van der Waals surface area contributed by atoms with E-state index >= 15 is 0 Å². The Morgan fingerprint density at radius 2 is 1.83 bits per heavy atom. The van der Waals surface area contributed by atoms with Crippen molar-refractivity contribution in [1.82, 2.24) is 4.90 Å². The predicted molar refractivity (Wildman–Crippen MR) is 90.5 cm³/mol. The van der Waals surface area contributed by atoms with Crippen molar-refractivity contribution >= 4 is 5.78 Å². The highest BCUT2D eigenvalue weighted by Gasteiger charge is 2.75. The molecule has 2 saturated carbocycles. The van der Waals surface area contributed by atoms with Gasteiger partial charge in [0.1, 0.15) is 0 Å². The molecule has 1 saturated heterocycles. The second-order valence-corrected chi connectivity index (χ2v) is 7.74. The Kier molecular flexibility index (Phi) is 3.53. The Hall–Kier alpha value is -1.75. The first-order chi connectivity index (χ1) is 11.5. The molecule has 1 aromatic carbocycles. The predicted octanol–water partition coefficient (Wildman–Crippen LogP) is 3.02. The number of nitrogens with zero attached hydrogens (tertiary/aromatic N) is 2. The number of hydrogen-bond donors (Lipinski definition) is 0. The molecule has 0 spiro atoms. The molecule has 1 heterocycles. The van der Waals surface area contributed by atoms with Gasteiger partial charge in [0.25, 0.3) is 5.54 Å². The highest BCUT2D eigenvalue weighted by atomic mass is 16.6. The first-order valence-corrected chi connectivity index (χ1v) is 9.02. The zero-order chi connectivity index (χ0) is 16.9. The third-order valence-corrected chi connectivity index (χ3v) is 6.76. The molecule has 1 aliphatic heterocycles. The molecule has 0 aromatic heterocycles. The van der Waals surface area contributed by atoms with E-state index in [0.717, 1.165) is 50.8 Å². The molecule has 128 valence electrons. The van der Waals surface area contributed by atoms with Crippen molar-refractivity contribution in [3.8, 4) is 0 Å². The number of carbonyl (C=O) groups is 1. The molecule has 1 aromatic rings. The normalized spacial score (nSPS) is 39.3. The molecule has 0 unspecified atom stereocenters. The smallest absolute Gasteiger partial charge is 0.285 e. The third-order valence-electron chi connectivity index (χ3n) is 6.76. The molecule has 0 radical (unpaired) electrons. The van der Waals surface area contributed by atoms with E-state index in [9.17, 15) is 14.9 Å². The van der Waals surface area contributed by atoms with Gasteiger partial charge in [-0.15, -0.1) is 0 Å². The quantitative estimate of drug-likeness (QED) is 0.632. The summed E-state index contributed by atoms with van der Waals surface area (Å²) in [6.07, 6.45) is 4.86. The number of Topliss-reactive ketones (excluding diaryl/α,β-unsaturated/α-hetero) is 1. The third kappa shape index (κ3) is 1.82. The standard InChI is InChI=1S/C19H24N2O3/c1-18(21(23)24)16(14-8-3-2-4-9-14)15-10-7-11-19(15,17(18)22)20-12-5-6-13-20/h2-4,8-9,15-16H,5-7,10-13H2,1H3/t15-,16-,18-,19+/m0/s1. The van der Waals surface area contributed by atoms with E-state index in [1.165, 1.54) is 0 Å². The van der Waals surface area contributed by atoms with E-state index in [2.05, 4.69) is 4.90 Å². The summed E-state index contributed by atoms with van der Waals surface area (Å²) in [4.78, 5) is 27.6. The SMILES string of the molecule is C[C@@]1([N+](=O)[O-])C(=O)[C@@]2(N3CCCC3)CCC[C@H]2[C@@H]1c1ccccc1. The molecule has 3 fully saturated rings. The van der Waals surface area contributed by atoms with Crippen LogP contribution in [-0.2, 0) is 4.79 Å². The Labute approximate surface area is 142 Å². The van der Waals surface area contributed by atoms with E-state index in [1.807, 2.05) is 30.3 Å². The van der Waals surface area contributed by atoms with Crippen LogP contribution in [0.15, 0.2) is 30.3 Å². The molecule has 4 rings (SSSR count). The summed E-state index contributed by atoms with van der Waals surface area (Å²) in [5, 5.41) is 12.1. The number of hydrogen-bond acceptors (Lipinski definition) is 4. The number of rotatable bonds is 3. The summed E-state index contributed by atoms with van der Waals surface area (Å²) < 4.78 is 0. The van der Waals surface area contributed by atoms with Crippen LogP contribution in [0.1, 0.15) is 50.5 Å². The summed E-state index contributed by atoms with van der Waals surface area (Å²) >= 11 is 0. The van der Waals surface area contributed by atoms with Gasteiger partial charge in [0.05, 0.1) is 11.5 Å². The van der Waals surface area contributed by atoms with Gasteiger partial charge in [-0.1, -0.05) is 36.8 Å². The molecule has 0 bridgehead atoms. The first kappa shape index (κ1) is 15.8. The lowest BCUT2D eigenvalue weighted by Gasteiger charge is -2.38. The zero-order valence-corrected chi connectivity index (χ0v) is 14.1. The van der Waals surface area contributed by atoms with Crippen molar-refractivity contribution in [2.75, 3.05) is 13.1 Å². The second-order valence-electron chi connectivity index (χ2n) is 7.74. The molecule has 4 atom stereocenters. The number of nitro groups is 1. The summed E-state index contributed by atoms with van der Waals surface area (Å²) in [6, 6.07) is 9.68. The largest absolute Gasteiger partial charge is 0.291 e. The fraction of sp³-hybridized carbons (Fsp3) is 0.632. The summed E-state index contributed by atoms with van der Waals surface area (Å²) in [5.41, 5.74) is -1.19.